The summed E-state index contributed by atoms with van der Waals surface area (Å²) in [7, 11) is 1.92. The number of hydrogen-bond acceptors (Lipinski definition) is 4. The van der Waals surface area contributed by atoms with Gasteiger partial charge in [-0.15, -0.1) is 0 Å². The standard InChI is InChI=1S/C16H28N4O2/c1-6-17-14(13-8-9-19(5)18-13)12-7-10-20(11-12)15(21)22-16(2,3)4/h8-9,12,14,17H,6-7,10-11H2,1-5H3. The average Bonchev–Trinajstić information content (AvgIpc) is 3.03. The molecule has 1 fully saturated rings. The molecular weight excluding hydrogens is 280 g/mol. The fourth-order valence-corrected chi connectivity index (χ4v) is 2.88. The van der Waals surface area contributed by atoms with Crippen LogP contribution in [0.25, 0.3) is 0 Å². The number of amides is 1. The Labute approximate surface area is 132 Å². The lowest BCUT2D eigenvalue weighted by Crippen LogP contribution is -2.37. The lowest BCUT2D eigenvalue weighted by molar-refractivity contribution is 0.0285. The van der Waals surface area contributed by atoms with Crippen LogP contribution in [0.2, 0.25) is 0 Å². The zero-order valence-electron chi connectivity index (χ0n) is 14.3. The number of likely N-dealkylation sites (tertiary alicyclic amines) is 1. The van der Waals surface area contributed by atoms with Gasteiger partial charge in [-0.2, -0.15) is 5.10 Å². The lowest BCUT2D eigenvalue weighted by atomic mass is 9.96. The van der Waals surface area contributed by atoms with Crippen molar-refractivity contribution in [2.45, 2.75) is 45.8 Å². The van der Waals surface area contributed by atoms with Crippen LogP contribution in [0.15, 0.2) is 12.3 Å². The van der Waals surface area contributed by atoms with Crippen molar-refractivity contribution in [2.24, 2.45) is 13.0 Å². The van der Waals surface area contributed by atoms with E-state index < -0.39 is 5.60 Å². The molecule has 2 atom stereocenters. The zero-order chi connectivity index (χ0) is 16.3. The number of aromatic nitrogens is 2. The first-order valence-electron chi connectivity index (χ1n) is 8.01. The second-order valence-corrected chi connectivity index (χ2v) is 6.92. The maximum absolute atomic E-state index is 12.2. The van der Waals surface area contributed by atoms with E-state index in [1.54, 1.807) is 0 Å². The van der Waals surface area contributed by atoms with Crippen molar-refractivity contribution in [2.75, 3.05) is 19.6 Å². The molecule has 124 valence electrons. The number of nitrogens with one attached hydrogen (secondary N) is 1. The molecule has 0 saturated carbocycles. The first-order valence-corrected chi connectivity index (χ1v) is 8.01. The summed E-state index contributed by atoms with van der Waals surface area (Å²) in [5.41, 5.74) is 0.595. The van der Waals surface area contributed by atoms with Gasteiger partial charge in [0, 0.05) is 26.3 Å². The van der Waals surface area contributed by atoms with E-state index in [9.17, 15) is 4.79 Å². The molecule has 2 rings (SSSR count). The van der Waals surface area contributed by atoms with E-state index in [4.69, 9.17) is 4.74 Å². The average molecular weight is 308 g/mol. The number of aryl methyl sites for hydroxylation is 1. The molecule has 1 N–H and O–H groups in total. The van der Waals surface area contributed by atoms with Gasteiger partial charge < -0.3 is 15.0 Å². The summed E-state index contributed by atoms with van der Waals surface area (Å²) in [6.45, 7) is 10.1. The van der Waals surface area contributed by atoms with E-state index in [2.05, 4.69) is 17.3 Å². The van der Waals surface area contributed by atoms with Crippen LogP contribution in [0.3, 0.4) is 0 Å². The number of nitrogens with zero attached hydrogens (tertiary/aromatic N) is 3. The Bertz CT molecular complexity index is 506. The molecule has 0 radical (unpaired) electrons. The molecule has 1 aliphatic heterocycles. The van der Waals surface area contributed by atoms with Crippen LogP contribution >= 0.6 is 0 Å². The zero-order valence-corrected chi connectivity index (χ0v) is 14.3. The molecule has 1 aromatic rings. The molecule has 1 saturated heterocycles. The number of carbonyl (C=O) groups is 1. The predicted molar refractivity (Wildman–Crippen MR) is 85.5 cm³/mol. The van der Waals surface area contributed by atoms with Gasteiger partial charge in [-0.3, -0.25) is 4.68 Å². The summed E-state index contributed by atoms with van der Waals surface area (Å²) in [4.78, 5) is 14.0. The van der Waals surface area contributed by atoms with E-state index in [-0.39, 0.29) is 12.1 Å². The van der Waals surface area contributed by atoms with Gasteiger partial charge in [0.05, 0.1) is 11.7 Å². The third-order valence-corrected chi connectivity index (χ3v) is 3.82. The van der Waals surface area contributed by atoms with Crippen molar-refractivity contribution in [1.29, 1.82) is 0 Å². The molecule has 1 aliphatic rings. The molecule has 0 aliphatic carbocycles. The summed E-state index contributed by atoms with van der Waals surface area (Å²) in [6.07, 6.45) is 2.71. The number of carbonyl (C=O) groups excluding carboxylic acids is 1. The first-order chi connectivity index (χ1) is 10.3. The minimum absolute atomic E-state index is 0.179. The normalized spacial score (nSPS) is 20.2. The monoisotopic (exact) mass is 308 g/mol. The highest BCUT2D eigenvalue weighted by molar-refractivity contribution is 5.68. The Kier molecular flexibility index (Phi) is 5.11. The minimum atomic E-state index is -0.447. The summed E-state index contributed by atoms with van der Waals surface area (Å²) < 4.78 is 7.29. The second-order valence-electron chi connectivity index (χ2n) is 6.92. The fraction of sp³-hybridized carbons (Fsp3) is 0.750. The van der Waals surface area contributed by atoms with Gasteiger partial charge in [-0.1, -0.05) is 6.92 Å². The molecule has 0 spiro atoms. The van der Waals surface area contributed by atoms with Crippen LogP contribution < -0.4 is 5.32 Å². The largest absolute Gasteiger partial charge is 0.444 e. The SMILES string of the molecule is CCNC(c1ccn(C)n1)C1CCN(C(=O)OC(C)(C)C)C1. The molecule has 6 heteroatoms. The minimum Gasteiger partial charge on any atom is -0.444 e. The molecule has 6 nitrogen and oxygen atoms in total. The quantitative estimate of drug-likeness (QED) is 0.927. The van der Waals surface area contributed by atoms with Crippen LogP contribution in [0.4, 0.5) is 4.79 Å². The Balaban J connectivity index is 2.02. The van der Waals surface area contributed by atoms with E-state index in [1.807, 2.05) is 49.7 Å². The molecule has 0 aromatic carbocycles. The van der Waals surface area contributed by atoms with E-state index >= 15 is 0 Å². The third kappa shape index (κ3) is 4.22. The highest BCUT2D eigenvalue weighted by Gasteiger charge is 2.35. The van der Waals surface area contributed by atoms with Crippen LogP contribution in [0.1, 0.15) is 45.9 Å². The van der Waals surface area contributed by atoms with Crippen LogP contribution in [0.5, 0.6) is 0 Å². The van der Waals surface area contributed by atoms with Gasteiger partial charge in [0.15, 0.2) is 0 Å². The maximum Gasteiger partial charge on any atom is 0.410 e. The van der Waals surface area contributed by atoms with Gasteiger partial charge >= 0.3 is 6.09 Å². The highest BCUT2D eigenvalue weighted by atomic mass is 16.6. The Morgan fingerprint density at radius 3 is 2.82 bits per heavy atom. The van der Waals surface area contributed by atoms with Crippen LogP contribution in [-0.4, -0.2) is 46.0 Å². The molecule has 2 heterocycles. The van der Waals surface area contributed by atoms with Crippen LogP contribution in [0, 0.1) is 5.92 Å². The van der Waals surface area contributed by atoms with Gasteiger partial charge in [0.1, 0.15) is 5.60 Å². The summed E-state index contributed by atoms with van der Waals surface area (Å²) in [5.74, 6) is 0.363. The molecule has 1 aromatic heterocycles. The first kappa shape index (κ1) is 16.8. The maximum atomic E-state index is 12.2. The molecule has 2 unspecified atom stereocenters. The van der Waals surface area contributed by atoms with Gasteiger partial charge in [0.2, 0.25) is 0 Å². The fourth-order valence-electron chi connectivity index (χ4n) is 2.88. The van der Waals surface area contributed by atoms with E-state index in [1.165, 1.54) is 0 Å². The predicted octanol–water partition coefficient (Wildman–Crippen LogP) is 2.33. The Morgan fingerprint density at radius 2 is 2.27 bits per heavy atom. The van der Waals surface area contributed by atoms with E-state index in [0.717, 1.165) is 25.2 Å². The molecule has 22 heavy (non-hydrogen) atoms. The lowest BCUT2D eigenvalue weighted by Gasteiger charge is -2.26. The summed E-state index contributed by atoms with van der Waals surface area (Å²) in [5, 5.41) is 8.03. The molecule has 1 amide bonds. The summed E-state index contributed by atoms with van der Waals surface area (Å²) in [6, 6.07) is 2.22. The van der Waals surface area contributed by atoms with Crippen molar-refractivity contribution in [3.63, 3.8) is 0 Å². The van der Waals surface area contributed by atoms with E-state index in [0.29, 0.717) is 12.5 Å². The topological polar surface area (TPSA) is 59.4 Å². The summed E-state index contributed by atoms with van der Waals surface area (Å²) >= 11 is 0. The van der Waals surface area contributed by atoms with Crippen molar-refractivity contribution in [1.82, 2.24) is 20.0 Å². The van der Waals surface area contributed by atoms with Crippen molar-refractivity contribution >= 4 is 6.09 Å². The van der Waals surface area contributed by atoms with Crippen molar-refractivity contribution in [3.8, 4) is 0 Å². The van der Waals surface area contributed by atoms with Crippen molar-refractivity contribution in [3.05, 3.63) is 18.0 Å². The number of ether oxygens (including phenoxy) is 1. The smallest absolute Gasteiger partial charge is 0.410 e. The Morgan fingerprint density at radius 1 is 1.55 bits per heavy atom. The number of hydrogen-bond donors (Lipinski definition) is 1. The van der Waals surface area contributed by atoms with Gasteiger partial charge in [-0.05, 0) is 45.7 Å². The van der Waals surface area contributed by atoms with Crippen LogP contribution in [-0.2, 0) is 11.8 Å². The second kappa shape index (κ2) is 6.69. The highest BCUT2D eigenvalue weighted by Crippen LogP contribution is 2.30. The molecular formula is C16H28N4O2. The van der Waals surface area contributed by atoms with Gasteiger partial charge in [0.25, 0.3) is 0 Å². The van der Waals surface area contributed by atoms with Gasteiger partial charge in [-0.25, -0.2) is 4.79 Å². The van der Waals surface area contributed by atoms with Crippen molar-refractivity contribution < 1.29 is 9.53 Å². The Hall–Kier alpha value is -1.56. The number of rotatable bonds is 4. The molecule has 0 bridgehead atoms. The third-order valence-electron chi connectivity index (χ3n) is 3.82.